The third-order valence-electron chi connectivity index (χ3n) is 21.1. The largest absolute Gasteiger partial charge is 0.478 e. The van der Waals surface area contributed by atoms with Gasteiger partial charge in [0.15, 0.2) is 11.7 Å². The molecule has 4 bridgehead atoms. The zero-order valence-electron chi connectivity index (χ0n) is 40.5. The predicted molar refractivity (Wildman–Crippen MR) is 259 cm³/mol. The number of carboxylic acid groups (broad SMARTS) is 1. The summed E-state index contributed by atoms with van der Waals surface area (Å²) in [5.41, 5.74) is 3.29. The number of aliphatic imine (C=N–C) groups is 1. The van der Waals surface area contributed by atoms with Gasteiger partial charge in [0.2, 0.25) is 0 Å². The molecule has 10 aliphatic carbocycles. The minimum absolute atomic E-state index is 0.000753. The van der Waals surface area contributed by atoms with E-state index in [1.165, 1.54) is 12.5 Å². The Morgan fingerprint density at radius 1 is 0.928 bits per heavy atom. The van der Waals surface area contributed by atoms with Gasteiger partial charge >= 0.3 is 5.97 Å². The topological polar surface area (TPSA) is 237 Å². The molecule has 10 N–H and O–H groups in total. The minimum atomic E-state index is -2.31. The second-order valence-corrected chi connectivity index (χ2v) is 23.8. The van der Waals surface area contributed by atoms with E-state index in [1.807, 2.05) is 32.1 Å². The summed E-state index contributed by atoms with van der Waals surface area (Å²) in [7, 11) is 0. The maximum atomic E-state index is 16.5. The number of fused-ring (bicyclic) bond motifs is 4. The van der Waals surface area contributed by atoms with E-state index in [9.17, 15) is 40.2 Å². The number of aliphatic hydroxyl groups is 5. The van der Waals surface area contributed by atoms with Crippen LogP contribution in [0.2, 0.25) is 0 Å². The van der Waals surface area contributed by atoms with Gasteiger partial charge in [-0.05, 0) is 105 Å². The lowest BCUT2D eigenvalue weighted by atomic mass is 9.31. The number of hydrogen-bond acceptors (Lipinski definition) is 9. The average Bonchev–Trinajstić information content (AvgIpc) is 3.90. The zero-order chi connectivity index (χ0) is 49.1. The molecule has 4 saturated carbocycles. The summed E-state index contributed by atoms with van der Waals surface area (Å²) in [4.78, 5) is 49.0. The van der Waals surface area contributed by atoms with E-state index < -0.39 is 85.3 Å². The van der Waals surface area contributed by atoms with Crippen LogP contribution in [-0.4, -0.2) is 88.7 Å². The third-order valence-corrected chi connectivity index (χ3v) is 21.1. The predicted octanol–water partition coefficient (Wildman–Crippen LogP) is 5.94. The molecule has 10 aliphatic rings. The Kier molecular flexibility index (Phi) is 10.1. The number of ketones is 2. The first-order valence-electron chi connectivity index (χ1n) is 25.6. The number of rotatable bonds is 6. The quantitative estimate of drug-likeness (QED) is 0.0547. The van der Waals surface area contributed by atoms with E-state index in [1.54, 1.807) is 18.2 Å². The molecular formula is C57H69N3O9. The Morgan fingerprint density at radius 2 is 1.67 bits per heavy atom. The van der Waals surface area contributed by atoms with Gasteiger partial charge in [0.1, 0.15) is 28.6 Å². The van der Waals surface area contributed by atoms with Crippen LogP contribution >= 0.6 is 0 Å². The highest BCUT2D eigenvalue weighted by atomic mass is 16.4. The lowest BCUT2D eigenvalue weighted by molar-refractivity contribution is -0.215. The molecule has 69 heavy (non-hydrogen) atoms. The molecule has 0 amide bonds. The van der Waals surface area contributed by atoms with Gasteiger partial charge in [-0.3, -0.25) is 9.59 Å². The summed E-state index contributed by atoms with van der Waals surface area (Å²) in [6, 6.07) is 8.27. The van der Waals surface area contributed by atoms with Crippen LogP contribution in [0.15, 0.2) is 81.4 Å². The first kappa shape index (κ1) is 46.7. The number of aliphatic hydroxyl groups excluding tert-OH is 2. The summed E-state index contributed by atoms with van der Waals surface area (Å²) in [6.07, 6.45) is 12.4. The molecular weight excluding hydrogens is 871 g/mol. The minimum Gasteiger partial charge on any atom is -0.478 e. The summed E-state index contributed by atoms with van der Waals surface area (Å²) in [5.74, 6) is 2.83. The molecule has 0 heterocycles. The smallest absolute Gasteiger partial charge is 0.331 e. The van der Waals surface area contributed by atoms with Crippen molar-refractivity contribution in [3.63, 3.8) is 0 Å². The summed E-state index contributed by atoms with van der Waals surface area (Å²) >= 11 is 0. The summed E-state index contributed by atoms with van der Waals surface area (Å²) < 4.78 is 0. The lowest BCUT2D eigenvalue weighted by Crippen LogP contribution is -2.75. The van der Waals surface area contributed by atoms with Crippen molar-refractivity contribution < 1.29 is 45.0 Å². The van der Waals surface area contributed by atoms with Crippen molar-refractivity contribution in [1.29, 1.82) is 0 Å². The highest BCUT2D eigenvalue weighted by molar-refractivity contribution is 6.02. The molecule has 12 heteroatoms. The van der Waals surface area contributed by atoms with Crippen LogP contribution in [0.3, 0.4) is 0 Å². The fourth-order valence-electron chi connectivity index (χ4n) is 18.7. The number of allylic oxidation sites excluding steroid dienone is 2. The molecule has 12 nitrogen and oxygen atoms in total. The maximum Gasteiger partial charge on any atom is 0.331 e. The maximum absolute atomic E-state index is 16.5. The fraction of sp³-hybridized carbons (Fsp3) is 0.614. The van der Waals surface area contributed by atoms with Gasteiger partial charge < -0.3 is 42.1 Å². The van der Waals surface area contributed by atoms with E-state index in [4.69, 9.17) is 16.5 Å². The number of aryl methyl sites for hydroxylation is 1. The van der Waals surface area contributed by atoms with Crippen molar-refractivity contribution in [3.05, 3.63) is 87.6 Å². The molecule has 0 radical (unpaired) electrons. The van der Waals surface area contributed by atoms with Crippen LogP contribution in [-0.2, 0) is 20.8 Å². The number of guanidine groups is 1. The van der Waals surface area contributed by atoms with Gasteiger partial charge in [-0.25, -0.2) is 9.79 Å². The number of carbonyl (C=O) groups is 3. The number of nitrogens with zero attached hydrogens (tertiary/aromatic N) is 1. The first-order valence-corrected chi connectivity index (χ1v) is 25.6. The van der Waals surface area contributed by atoms with E-state index >= 15 is 4.79 Å². The van der Waals surface area contributed by atoms with Crippen LogP contribution < -0.4 is 11.5 Å². The normalized spacial score (nSPS) is 46.0. The zero-order valence-corrected chi connectivity index (χ0v) is 40.5. The number of aliphatic carboxylic acids is 1. The van der Waals surface area contributed by atoms with Crippen LogP contribution in [0.1, 0.15) is 135 Å². The average molecular weight is 940 g/mol. The Labute approximate surface area is 404 Å². The molecule has 2 spiro atoms. The molecule has 1 aromatic carbocycles. The van der Waals surface area contributed by atoms with Crippen molar-refractivity contribution in [2.75, 3.05) is 0 Å². The van der Waals surface area contributed by atoms with Gasteiger partial charge in [0, 0.05) is 82.2 Å². The van der Waals surface area contributed by atoms with Crippen molar-refractivity contribution in [2.45, 2.75) is 165 Å². The van der Waals surface area contributed by atoms with Crippen LogP contribution in [0, 0.1) is 62.6 Å². The number of benzene rings is 1. The van der Waals surface area contributed by atoms with Crippen LogP contribution in [0.25, 0.3) is 6.08 Å². The first-order chi connectivity index (χ1) is 32.6. The Bertz CT molecular complexity index is 2750. The number of carbonyl (C=O) groups excluding carboxylic acids is 2. The molecule has 1 aromatic rings. The Morgan fingerprint density at radius 3 is 2.38 bits per heavy atom. The molecule has 11 rings (SSSR count). The lowest BCUT2D eigenvalue weighted by Gasteiger charge is -2.72. The summed E-state index contributed by atoms with van der Waals surface area (Å²) in [5, 5.41) is 77.3. The SMILES string of the molecule is C[C@H](O)C/C(C(=O)O)=C1/CC[C@]2(N=C(N)N)C=C[C@@]3(C[C@@]4(O)C=C[C@]5(O)C6=C7C(=O)C[C@@]3(C3CCCC3)[C@]64CCC#CC[C@]3(C)C(=O)CC[C@@]7(C)[C@@H]3[C@H]5C3=Cc4ccccc4CC3)[C@H](C)[C@@]2(O)[C@@H]1O. The van der Waals surface area contributed by atoms with Gasteiger partial charge in [0.05, 0.1) is 11.7 Å². The highest BCUT2D eigenvalue weighted by Crippen LogP contribution is 2.87. The number of carboxylic acids is 1. The van der Waals surface area contributed by atoms with Gasteiger partial charge in [-0.1, -0.05) is 87.8 Å². The second kappa shape index (κ2) is 15.0. The van der Waals surface area contributed by atoms with E-state index in [-0.39, 0.29) is 86.0 Å². The molecule has 366 valence electrons. The summed E-state index contributed by atoms with van der Waals surface area (Å²) in [6.45, 7) is 7.47. The van der Waals surface area contributed by atoms with E-state index in [2.05, 4.69) is 37.0 Å². The van der Waals surface area contributed by atoms with Crippen LogP contribution in [0.5, 0.6) is 0 Å². The fourth-order valence-corrected chi connectivity index (χ4v) is 18.7. The highest BCUT2D eigenvalue weighted by Gasteiger charge is 2.87. The number of hydrogen-bond donors (Lipinski definition) is 8. The van der Waals surface area contributed by atoms with Gasteiger partial charge in [-0.15, -0.1) is 11.8 Å². The third kappa shape index (κ3) is 5.49. The monoisotopic (exact) mass is 940 g/mol. The Hall–Kier alpha value is -4.64. The van der Waals surface area contributed by atoms with Crippen LogP contribution in [0.4, 0.5) is 0 Å². The van der Waals surface area contributed by atoms with Crippen molar-refractivity contribution >= 4 is 29.6 Å². The van der Waals surface area contributed by atoms with Crippen molar-refractivity contribution in [3.8, 4) is 11.8 Å². The van der Waals surface area contributed by atoms with Crippen molar-refractivity contribution in [1.82, 2.24) is 0 Å². The number of nitrogens with two attached hydrogens (primary N) is 2. The second-order valence-electron chi connectivity index (χ2n) is 23.8. The molecule has 4 fully saturated rings. The molecule has 0 unspecified atom stereocenters. The van der Waals surface area contributed by atoms with Gasteiger partial charge in [-0.2, -0.15) is 0 Å². The van der Waals surface area contributed by atoms with E-state index in [0.717, 1.165) is 30.4 Å². The standard InChI is InChI=1S/C57H69N3O9/c1-32(61)28-39(47(65)66)38-18-23-52(60-48(58)59)25-24-51(33(2)57(52,69)46(38)64)31-53(67)26-27-54(68)42(36-17-16-34-12-6-7-13-35(34)29-36)44-49(3)20-10-5-11-21-55(53)45(54)43(50(44,4)22-19-41(49)63)40(62)30-56(51,55)37-14-8-9-15-37/h6-7,12-13,24-27,29,32-33,37,42,44,46,61,64,67-69H,8-9,11,14-23,28,30-31H2,1-4H3,(H,65,66)(H4,58,59,60)/b39-38+/t32-,33-,42+,44+,46+,49+,50+,51+,52-,53-,54+,55+,56-,57+/m0/s1. The van der Waals surface area contributed by atoms with Gasteiger partial charge in [0.25, 0.3) is 0 Å². The van der Waals surface area contributed by atoms with E-state index in [0.29, 0.717) is 43.3 Å². The molecule has 0 saturated heterocycles. The molecule has 0 aromatic heterocycles. The number of Topliss-reactive ketones (excluding diaryl/α,β-unsaturated/α-hetero) is 2. The van der Waals surface area contributed by atoms with Crippen molar-refractivity contribution in [2.24, 2.45) is 67.2 Å². The molecule has 0 aliphatic heterocycles. The molecule has 14 atom stereocenters. The Balaban J connectivity index is 1.25.